The Hall–Kier alpha value is -2.39. The number of nitriles is 1. The number of aromatic nitrogens is 2. The molecule has 6 nitrogen and oxygen atoms in total. The Balaban J connectivity index is 2.22. The molecule has 0 aromatic carbocycles. The zero-order chi connectivity index (χ0) is 14.1. The van der Waals surface area contributed by atoms with Crippen molar-refractivity contribution in [3.63, 3.8) is 0 Å². The van der Waals surface area contributed by atoms with Crippen molar-refractivity contribution in [2.75, 3.05) is 24.5 Å². The summed E-state index contributed by atoms with van der Waals surface area (Å²) in [5.41, 5.74) is 2.35. The standard InChI is InChI=1S/C14H15N5O/c1-9-8-16-4-5-19(9)12-6-13(20)18-11-3-2-10(7-15)17-14(11)12/h2-3,6,9,16H,4-5,8H2,1H3,(H,18,20). The monoisotopic (exact) mass is 269 g/mol. The molecule has 2 aromatic rings. The number of piperazine rings is 1. The number of fused-ring (bicyclic) bond motifs is 1. The maximum Gasteiger partial charge on any atom is 0.250 e. The van der Waals surface area contributed by atoms with Crippen molar-refractivity contribution in [1.29, 1.82) is 5.26 Å². The van der Waals surface area contributed by atoms with E-state index < -0.39 is 0 Å². The Bertz CT molecular complexity index is 745. The summed E-state index contributed by atoms with van der Waals surface area (Å²) in [5.74, 6) is 0. The van der Waals surface area contributed by atoms with Gasteiger partial charge in [0, 0.05) is 31.7 Å². The Morgan fingerprint density at radius 2 is 2.35 bits per heavy atom. The van der Waals surface area contributed by atoms with Crippen LogP contribution in [0.2, 0.25) is 0 Å². The van der Waals surface area contributed by atoms with Crippen molar-refractivity contribution in [3.05, 3.63) is 34.2 Å². The molecule has 1 fully saturated rings. The lowest BCUT2D eigenvalue weighted by molar-refractivity contribution is 0.501. The first-order chi connectivity index (χ1) is 9.69. The van der Waals surface area contributed by atoms with Crippen molar-refractivity contribution in [3.8, 4) is 6.07 Å². The molecule has 3 rings (SSSR count). The molecule has 102 valence electrons. The minimum absolute atomic E-state index is 0.148. The van der Waals surface area contributed by atoms with Gasteiger partial charge in [-0.2, -0.15) is 5.26 Å². The van der Waals surface area contributed by atoms with Gasteiger partial charge in [-0.3, -0.25) is 4.79 Å². The van der Waals surface area contributed by atoms with E-state index in [1.165, 1.54) is 0 Å². The largest absolute Gasteiger partial charge is 0.364 e. The molecule has 0 bridgehead atoms. The van der Waals surface area contributed by atoms with Gasteiger partial charge < -0.3 is 15.2 Å². The van der Waals surface area contributed by atoms with Crippen LogP contribution < -0.4 is 15.8 Å². The summed E-state index contributed by atoms with van der Waals surface area (Å²) in [5, 5.41) is 12.3. The highest BCUT2D eigenvalue weighted by Gasteiger charge is 2.21. The number of hydrogen-bond acceptors (Lipinski definition) is 5. The van der Waals surface area contributed by atoms with Gasteiger partial charge in [0.2, 0.25) is 0 Å². The van der Waals surface area contributed by atoms with Gasteiger partial charge in [0.1, 0.15) is 17.3 Å². The van der Waals surface area contributed by atoms with Crippen LogP contribution in [0.15, 0.2) is 23.0 Å². The predicted molar refractivity (Wildman–Crippen MR) is 76.8 cm³/mol. The van der Waals surface area contributed by atoms with Crippen molar-refractivity contribution < 1.29 is 0 Å². The Labute approximate surface area is 116 Å². The molecule has 2 aromatic heterocycles. The van der Waals surface area contributed by atoms with E-state index in [1.54, 1.807) is 18.2 Å². The highest BCUT2D eigenvalue weighted by Crippen LogP contribution is 2.24. The summed E-state index contributed by atoms with van der Waals surface area (Å²) < 4.78 is 0. The smallest absolute Gasteiger partial charge is 0.250 e. The van der Waals surface area contributed by atoms with E-state index in [1.807, 2.05) is 6.07 Å². The van der Waals surface area contributed by atoms with E-state index in [0.717, 1.165) is 25.3 Å². The fourth-order valence-electron chi connectivity index (χ4n) is 2.60. The second kappa shape index (κ2) is 4.94. The molecule has 0 radical (unpaired) electrons. The number of rotatable bonds is 1. The molecule has 1 saturated heterocycles. The molecule has 1 aliphatic heterocycles. The SMILES string of the molecule is CC1CNCCN1c1cc(=O)[nH]c2ccc(C#N)nc12. The molecule has 2 N–H and O–H groups in total. The summed E-state index contributed by atoms with van der Waals surface area (Å²) in [6.07, 6.45) is 0. The Kier molecular flexibility index (Phi) is 3.12. The lowest BCUT2D eigenvalue weighted by Gasteiger charge is -2.36. The minimum atomic E-state index is -0.148. The van der Waals surface area contributed by atoms with Crippen LogP contribution in [0, 0.1) is 11.3 Å². The first-order valence-corrected chi connectivity index (χ1v) is 6.60. The average molecular weight is 269 g/mol. The fraction of sp³-hybridized carbons (Fsp3) is 0.357. The van der Waals surface area contributed by atoms with Gasteiger partial charge in [0.15, 0.2) is 0 Å². The minimum Gasteiger partial charge on any atom is -0.364 e. The van der Waals surface area contributed by atoms with Gasteiger partial charge in [0.25, 0.3) is 5.56 Å². The second-order valence-corrected chi connectivity index (χ2v) is 4.97. The molecule has 1 atom stereocenters. The molecule has 0 amide bonds. The van der Waals surface area contributed by atoms with Crippen LogP contribution >= 0.6 is 0 Å². The summed E-state index contributed by atoms with van der Waals surface area (Å²) in [6, 6.07) is 7.24. The summed E-state index contributed by atoms with van der Waals surface area (Å²) in [7, 11) is 0. The molecular weight excluding hydrogens is 254 g/mol. The van der Waals surface area contributed by atoms with E-state index in [2.05, 4.69) is 27.1 Å². The fourth-order valence-corrected chi connectivity index (χ4v) is 2.60. The quantitative estimate of drug-likeness (QED) is 0.791. The van der Waals surface area contributed by atoms with Crippen LogP contribution in [0.1, 0.15) is 12.6 Å². The van der Waals surface area contributed by atoms with Gasteiger partial charge >= 0.3 is 0 Å². The van der Waals surface area contributed by atoms with Gasteiger partial charge in [-0.05, 0) is 19.1 Å². The van der Waals surface area contributed by atoms with E-state index in [0.29, 0.717) is 16.7 Å². The zero-order valence-electron chi connectivity index (χ0n) is 11.2. The number of pyridine rings is 2. The molecule has 0 aliphatic carbocycles. The molecule has 3 heterocycles. The Morgan fingerprint density at radius 3 is 3.10 bits per heavy atom. The Morgan fingerprint density at radius 1 is 1.50 bits per heavy atom. The number of H-pyrrole nitrogens is 1. The predicted octanol–water partition coefficient (Wildman–Crippen LogP) is 0.593. The molecule has 1 unspecified atom stereocenters. The number of nitrogens with zero attached hydrogens (tertiary/aromatic N) is 3. The van der Waals surface area contributed by atoms with Crippen LogP contribution in [0.25, 0.3) is 11.0 Å². The maximum absolute atomic E-state index is 11.8. The molecule has 20 heavy (non-hydrogen) atoms. The first-order valence-electron chi connectivity index (χ1n) is 6.60. The molecule has 0 saturated carbocycles. The normalized spacial score (nSPS) is 19.0. The highest BCUT2D eigenvalue weighted by atomic mass is 16.1. The highest BCUT2D eigenvalue weighted by molar-refractivity contribution is 5.88. The van der Waals surface area contributed by atoms with Gasteiger partial charge in [-0.15, -0.1) is 0 Å². The van der Waals surface area contributed by atoms with Crippen molar-refractivity contribution >= 4 is 16.7 Å². The second-order valence-electron chi connectivity index (χ2n) is 4.97. The average Bonchev–Trinajstić information content (AvgIpc) is 2.46. The van der Waals surface area contributed by atoms with Crippen LogP contribution in [-0.4, -0.2) is 35.6 Å². The molecule has 6 heteroatoms. The van der Waals surface area contributed by atoms with Crippen molar-refractivity contribution in [1.82, 2.24) is 15.3 Å². The lowest BCUT2D eigenvalue weighted by Crippen LogP contribution is -2.50. The van der Waals surface area contributed by atoms with Gasteiger partial charge in [0.05, 0.1) is 11.2 Å². The third-order valence-electron chi connectivity index (χ3n) is 3.59. The zero-order valence-corrected chi connectivity index (χ0v) is 11.2. The van der Waals surface area contributed by atoms with Crippen LogP contribution in [0.3, 0.4) is 0 Å². The van der Waals surface area contributed by atoms with E-state index in [-0.39, 0.29) is 11.6 Å². The van der Waals surface area contributed by atoms with Crippen molar-refractivity contribution in [2.45, 2.75) is 13.0 Å². The maximum atomic E-state index is 11.8. The van der Waals surface area contributed by atoms with Crippen LogP contribution in [0.4, 0.5) is 5.69 Å². The summed E-state index contributed by atoms with van der Waals surface area (Å²) in [6.45, 7) is 4.66. The summed E-state index contributed by atoms with van der Waals surface area (Å²) >= 11 is 0. The lowest BCUT2D eigenvalue weighted by atomic mass is 10.1. The molecular formula is C14H15N5O. The number of aromatic amines is 1. The first kappa shape index (κ1) is 12.6. The van der Waals surface area contributed by atoms with Gasteiger partial charge in [-0.25, -0.2) is 4.98 Å². The number of hydrogen-bond donors (Lipinski definition) is 2. The third kappa shape index (κ3) is 2.12. The number of nitrogens with one attached hydrogen (secondary N) is 2. The van der Waals surface area contributed by atoms with Crippen LogP contribution in [-0.2, 0) is 0 Å². The van der Waals surface area contributed by atoms with E-state index in [4.69, 9.17) is 5.26 Å². The van der Waals surface area contributed by atoms with E-state index >= 15 is 0 Å². The topological polar surface area (TPSA) is 84.8 Å². The van der Waals surface area contributed by atoms with Crippen LogP contribution in [0.5, 0.6) is 0 Å². The molecule has 0 spiro atoms. The number of anilines is 1. The van der Waals surface area contributed by atoms with Gasteiger partial charge in [-0.1, -0.05) is 0 Å². The molecule has 1 aliphatic rings. The summed E-state index contributed by atoms with van der Waals surface area (Å²) in [4.78, 5) is 21.1. The van der Waals surface area contributed by atoms with Crippen molar-refractivity contribution in [2.24, 2.45) is 0 Å². The third-order valence-corrected chi connectivity index (χ3v) is 3.59. The van der Waals surface area contributed by atoms with E-state index in [9.17, 15) is 4.79 Å².